The number of aliphatic hydroxyl groups is 2. The summed E-state index contributed by atoms with van der Waals surface area (Å²) in [6.45, 7) is 4.57. The van der Waals surface area contributed by atoms with Crippen molar-refractivity contribution >= 4 is 5.78 Å². The van der Waals surface area contributed by atoms with Gasteiger partial charge in [-0.3, -0.25) is 4.79 Å². The van der Waals surface area contributed by atoms with E-state index >= 15 is 0 Å². The van der Waals surface area contributed by atoms with Gasteiger partial charge in [-0.15, -0.1) is 0 Å². The van der Waals surface area contributed by atoms with Gasteiger partial charge in [-0.25, -0.2) is 0 Å². The van der Waals surface area contributed by atoms with Gasteiger partial charge in [-0.2, -0.15) is 0 Å². The molecular formula is C19H28O3. The average molecular weight is 304 g/mol. The molecular weight excluding hydrogens is 276 g/mol. The molecule has 4 aliphatic rings. The van der Waals surface area contributed by atoms with Crippen molar-refractivity contribution in [3.8, 4) is 0 Å². The Balaban J connectivity index is 1.70. The molecule has 0 radical (unpaired) electrons. The van der Waals surface area contributed by atoms with Gasteiger partial charge in [0.05, 0.1) is 6.10 Å². The van der Waals surface area contributed by atoms with E-state index in [9.17, 15) is 15.0 Å². The van der Waals surface area contributed by atoms with Gasteiger partial charge >= 0.3 is 0 Å². The lowest BCUT2D eigenvalue weighted by molar-refractivity contribution is -0.128. The Bertz CT molecular complexity index is 539. The van der Waals surface area contributed by atoms with Crippen LogP contribution in [0.5, 0.6) is 0 Å². The van der Waals surface area contributed by atoms with Gasteiger partial charge in [-0.05, 0) is 79.6 Å². The maximum absolute atomic E-state index is 11.9. The van der Waals surface area contributed by atoms with Crippen LogP contribution in [0.15, 0.2) is 11.6 Å². The summed E-state index contributed by atoms with van der Waals surface area (Å²) in [4.78, 5) is 11.9. The summed E-state index contributed by atoms with van der Waals surface area (Å²) >= 11 is 0. The van der Waals surface area contributed by atoms with E-state index in [0.717, 1.165) is 38.5 Å². The Morgan fingerprint density at radius 2 is 1.86 bits per heavy atom. The van der Waals surface area contributed by atoms with Gasteiger partial charge < -0.3 is 10.2 Å². The Kier molecular flexibility index (Phi) is 3.16. The summed E-state index contributed by atoms with van der Waals surface area (Å²) in [5.74, 6) is 1.74. The van der Waals surface area contributed by atoms with Gasteiger partial charge in [0.1, 0.15) is 6.10 Å². The first-order chi connectivity index (χ1) is 10.4. The molecule has 0 bridgehead atoms. The molecule has 4 aliphatic carbocycles. The minimum absolute atomic E-state index is 0.00881. The number of aliphatic hydroxyl groups excluding tert-OH is 2. The van der Waals surface area contributed by atoms with Crippen molar-refractivity contribution in [1.29, 1.82) is 0 Å². The predicted molar refractivity (Wildman–Crippen MR) is 84.1 cm³/mol. The largest absolute Gasteiger partial charge is 0.393 e. The number of hydrogen-bond donors (Lipinski definition) is 2. The zero-order valence-corrected chi connectivity index (χ0v) is 13.7. The van der Waals surface area contributed by atoms with Crippen molar-refractivity contribution in [2.24, 2.45) is 28.6 Å². The smallest absolute Gasteiger partial charge is 0.184 e. The fourth-order valence-electron chi connectivity index (χ4n) is 6.59. The summed E-state index contributed by atoms with van der Waals surface area (Å²) in [5.41, 5.74) is 1.37. The van der Waals surface area contributed by atoms with Gasteiger partial charge in [0.15, 0.2) is 5.78 Å². The molecule has 7 atom stereocenters. The van der Waals surface area contributed by atoms with Crippen molar-refractivity contribution in [2.75, 3.05) is 0 Å². The summed E-state index contributed by atoms with van der Waals surface area (Å²) in [7, 11) is 0. The molecule has 3 saturated carbocycles. The Morgan fingerprint density at radius 3 is 2.64 bits per heavy atom. The molecule has 4 rings (SSSR count). The zero-order valence-electron chi connectivity index (χ0n) is 13.7. The highest BCUT2D eigenvalue weighted by Gasteiger charge is 2.59. The quantitative estimate of drug-likeness (QED) is 0.723. The van der Waals surface area contributed by atoms with E-state index in [4.69, 9.17) is 0 Å². The van der Waals surface area contributed by atoms with Crippen LogP contribution in [-0.2, 0) is 4.79 Å². The molecule has 0 aromatic rings. The fraction of sp³-hybridized carbons (Fsp3) is 0.842. The third-order valence-electron chi connectivity index (χ3n) is 7.95. The van der Waals surface area contributed by atoms with Crippen LogP contribution in [0, 0.1) is 28.6 Å². The third-order valence-corrected chi connectivity index (χ3v) is 7.95. The van der Waals surface area contributed by atoms with Crippen LogP contribution in [0.4, 0.5) is 0 Å². The molecule has 0 aromatic carbocycles. The van der Waals surface area contributed by atoms with E-state index < -0.39 is 6.10 Å². The Hall–Kier alpha value is -0.670. The molecule has 0 amide bonds. The normalized spacial score (nSPS) is 54.3. The lowest BCUT2D eigenvalue weighted by Crippen LogP contribution is -2.52. The van der Waals surface area contributed by atoms with Crippen molar-refractivity contribution in [3.05, 3.63) is 11.6 Å². The van der Waals surface area contributed by atoms with Crippen LogP contribution in [0.25, 0.3) is 0 Å². The Morgan fingerprint density at radius 1 is 1.09 bits per heavy atom. The number of ketones is 1. The molecule has 0 saturated heterocycles. The molecule has 122 valence electrons. The summed E-state index contributed by atoms with van der Waals surface area (Å²) in [6, 6.07) is 0. The minimum Gasteiger partial charge on any atom is -0.393 e. The second-order valence-electron chi connectivity index (χ2n) is 8.76. The van der Waals surface area contributed by atoms with Gasteiger partial charge in [0, 0.05) is 0 Å². The molecule has 0 aromatic heterocycles. The first-order valence-electron chi connectivity index (χ1n) is 8.97. The third kappa shape index (κ3) is 1.78. The number of allylic oxidation sites excluding steroid dienone is 1. The summed E-state index contributed by atoms with van der Waals surface area (Å²) < 4.78 is 0. The van der Waals surface area contributed by atoms with Crippen LogP contribution < -0.4 is 0 Å². The monoisotopic (exact) mass is 304 g/mol. The van der Waals surface area contributed by atoms with Crippen LogP contribution >= 0.6 is 0 Å². The van der Waals surface area contributed by atoms with Gasteiger partial charge in [0.2, 0.25) is 0 Å². The number of carbonyl (C=O) groups is 1. The molecule has 3 nitrogen and oxygen atoms in total. The van der Waals surface area contributed by atoms with Crippen molar-refractivity contribution in [2.45, 2.75) is 71.0 Å². The molecule has 3 heteroatoms. The molecule has 0 spiro atoms. The lowest BCUT2D eigenvalue weighted by Gasteiger charge is -2.58. The summed E-state index contributed by atoms with van der Waals surface area (Å²) in [6.07, 6.45) is 7.88. The first-order valence-corrected chi connectivity index (χ1v) is 8.97. The highest BCUT2D eigenvalue weighted by Crippen LogP contribution is 2.65. The maximum Gasteiger partial charge on any atom is 0.184 e. The number of hydrogen-bond acceptors (Lipinski definition) is 3. The maximum atomic E-state index is 11.9. The van der Waals surface area contributed by atoms with E-state index in [1.54, 1.807) is 6.08 Å². The van der Waals surface area contributed by atoms with Crippen molar-refractivity contribution in [1.82, 2.24) is 0 Å². The topological polar surface area (TPSA) is 57.5 Å². The van der Waals surface area contributed by atoms with Gasteiger partial charge in [-0.1, -0.05) is 19.4 Å². The van der Waals surface area contributed by atoms with E-state index in [2.05, 4.69) is 13.8 Å². The van der Waals surface area contributed by atoms with Crippen LogP contribution in [0.1, 0.15) is 58.8 Å². The van der Waals surface area contributed by atoms with E-state index in [0.29, 0.717) is 24.2 Å². The van der Waals surface area contributed by atoms with Crippen LogP contribution in [-0.4, -0.2) is 28.2 Å². The standard InChI is InChI=1S/C19H28O3/c1-18-8-7-14-12(13(18)5-6-17(18)22)4-3-11-9-15(20)16(21)10-19(11,14)2/h9,12-14,16-17,21-22H,3-8,10H2,1-2H3/t12-,13-,14-,16-,17-,18-,19-/m1/s1. The molecule has 0 aliphatic heterocycles. The number of carbonyl (C=O) groups excluding carboxylic acids is 1. The molecule has 22 heavy (non-hydrogen) atoms. The van der Waals surface area contributed by atoms with E-state index in [1.807, 2.05) is 0 Å². The second kappa shape index (κ2) is 4.67. The van der Waals surface area contributed by atoms with Gasteiger partial charge in [0.25, 0.3) is 0 Å². The summed E-state index contributed by atoms with van der Waals surface area (Å²) in [5, 5.41) is 20.6. The van der Waals surface area contributed by atoms with E-state index in [1.165, 1.54) is 5.57 Å². The second-order valence-corrected chi connectivity index (χ2v) is 8.76. The molecule has 2 N–H and O–H groups in total. The van der Waals surface area contributed by atoms with Crippen molar-refractivity contribution < 1.29 is 15.0 Å². The average Bonchev–Trinajstić information content (AvgIpc) is 2.77. The Labute approximate surface area is 132 Å². The number of rotatable bonds is 0. The molecule has 3 fully saturated rings. The van der Waals surface area contributed by atoms with Crippen LogP contribution in [0.3, 0.4) is 0 Å². The first kappa shape index (κ1) is 14.9. The minimum atomic E-state index is -0.810. The van der Waals surface area contributed by atoms with Crippen LogP contribution in [0.2, 0.25) is 0 Å². The lowest BCUT2D eigenvalue weighted by atomic mass is 9.47. The number of fused-ring (bicyclic) bond motifs is 5. The van der Waals surface area contributed by atoms with Crippen molar-refractivity contribution in [3.63, 3.8) is 0 Å². The molecule has 0 heterocycles. The predicted octanol–water partition coefficient (Wildman–Crippen LogP) is 2.85. The SMILES string of the molecule is C[C@@]12CC[C@@H]3[C@H](CCC4=CC(=O)[C@H](O)C[C@]43C)[C@H]1CC[C@H]2O. The zero-order chi connectivity index (χ0) is 15.7. The highest BCUT2D eigenvalue weighted by molar-refractivity contribution is 5.95. The fourth-order valence-corrected chi connectivity index (χ4v) is 6.59. The van der Waals surface area contributed by atoms with E-state index in [-0.39, 0.29) is 22.7 Å². The molecule has 0 unspecified atom stereocenters. The highest BCUT2D eigenvalue weighted by atomic mass is 16.3.